The van der Waals surface area contributed by atoms with Gasteiger partial charge in [-0.2, -0.15) is 0 Å². The SMILES string of the molecule is Cc1cc(C)cc(-c2ccc3c(c2)OC(F)(F)O3)c1. The third kappa shape index (κ3) is 2.26. The highest BCUT2D eigenvalue weighted by molar-refractivity contribution is 5.68. The van der Waals surface area contributed by atoms with Crippen LogP contribution >= 0.6 is 0 Å². The molecular formula is C15H12F2O2. The van der Waals surface area contributed by atoms with Crippen molar-refractivity contribution in [2.45, 2.75) is 20.1 Å². The minimum Gasteiger partial charge on any atom is -0.395 e. The quantitative estimate of drug-likeness (QED) is 0.763. The van der Waals surface area contributed by atoms with E-state index in [-0.39, 0.29) is 11.5 Å². The van der Waals surface area contributed by atoms with Crippen molar-refractivity contribution in [1.29, 1.82) is 0 Å². The number of halogens is 2. The monoisotopic (exact) mass is 262 g/mol. The molecule has 1 aliphatic rings. The van der Waals surface area contributed by atoms with Crippen molar-refractivity contribution >= 4 is 0 Å². The second-order valence-electron chi connectivity index (χ2n) is 4.71. The lowest BCUT2D eigenvalue weighted by atomic mass is 10.0. The van der Waals surface area contributed by atoms with Gasteiger partial charge in [-0.25, -0.2) is 0 Å². The van der Waals surface area contributed by atoms with Crippen molar-refractivity contribution in [2.75, 3.05) is 0 Å². The number of benzene rings is 2. The zero-order valence-corrected chi connectivity index (χ0v) is 10.5. The molecule has 0 atom stereocenters. The molecule has 2 aromatic carbocycles. The number of hydrogen-bond acceptors (Lipinski definition) is 2. The van der Waals surface area contributed by atoms with E-state index < -0.39 is 6.29 Å². The Morgan fingerprint density at radius 3 is 2.11 bits per heavy atom. The van der Waals surface area contributed by atoms with Crippen LogP contribution in [0, 0.1) is 13.8 Å². The predicted molar refractivity (Wildman–Crippen MR) is 67.6 cm³/mol. The molecule has 98 valence electrons. The van der Waals surface area contributed by atoms with Crippen molar-refractivity contribution in [2.24, 2.45) is 0 Å². The molecule has 0 saturated carbocycles. The fourth-order valence-corrected chi connectivity index (χ4v) is 2.27. The fraction of sp³-hybridized carbons (Fsp3) is 0.200. The third-order valence-corrected chi connectivity index (χ3v) is 2.96. The summed E-state index contributed by atoms with van der Waals surface area (Å²) in [5.74, 6) is 0.139. The van der Waals surface area contributed by atoms with Crippen LogP contribution in [0.3, 0.4) is 0 Å². The van der Waals surface area contributed by atoms with Gasteiger partial charge in [0.2, 0.25) is 0 Å². The Morgan fingerprint density at radius 2 is 1.42 bits per heavy atom. The molecule has 0 bridgehead atoms. The molecule has 2 nitrogen and oxygen atoms in total. The molecule has 0 unspecified atom stereocenters. The van der Waals surface area contributed by atoms with E-state index in [2.05, 4.69) is 15.5 Å². The van der Waals surface area contributed by atoms with Crippen LogP contribution < -0.4 is 9.47 Å². The van der Waals surface area contributed by atoms with E-state index in [4.69, 9.17) is 0 Å². The fourth-order valence-electron chi connectivity index (χ4n) is 2.27. The minimum atomic E-state index is -3.57. The first kappa shape index (κ1) is 12.0. The van der Waals surface area contributed by atoms with E-state index in [0.29, 0.717) is 0 Å². The molecule has 0 aliphatic carbocycles. The summed E-state index contributed by atoms with van der Waals surface area (Å²) >= 11 is 0. The van der Waals surface area contributed by atoms with Gasteiger partial charge in [0, 0.05) is 0 Å². The Labute approximate surface area is 109 Å². The molecule has 19 heavy (non-hydrogen) atoms. The van der Waals surface area contributed by atoms with Gasteiger partial charge in [-0.1, -0.05) is 35.4 Å². The highest BCUT2D eigenvalue weighted by Gasteiger charge is 2.43. The van der Waals surface area contributed by atoms with Gasteiger partial charge in [0.15, 0.2) is 11.5 Å². The van der Waals surface area contributed by atoms with Crippen LogP contribution in [0.15, 0.2) is 36.4 Å². The average Bonchev–Trinajstić information content (AvgIpc) is 2.60. The van der Waals surface area contributed by atoms with Crippen molar-refractivity contribution in [3.63, 3.8) is 0 Å². The van der Waals surface area contributed by atoms with E-state index in [1.807, 2.05) is 26.0 Å². The summed E-state index contributed by atoms with van der Waals surface area (Å²) in [7, 11) is 0. The summed E-state index contributed by atoms with van der Waals surface area (Å²) in [5, 5.41) is 0. The predicted octanol–water partition coefficient (Wildman–Crippen LogP) is 4.29. The van der Waals surface area contributed by atoms with Crippen molar-refractivity contribution < 1.29 is 18.3 Å². The molecule has 0 aromatic heterocycles. The van der Waals surface area contributed by atoms with Gasteiger partial charge in [0.1, 0.15) is 0 Å². The van der Waals surface area contributed by atoms with E-state index in [0.717, 1.165) is 22.3 Å². The lowest BCUT2D eigenvalue weighted by Crippen LogP contribution is -2.25. The molecule has 1 heterocycles. The zero-order chi connectivity index (χ0) is 13.6. The summed E-state index contributed by atoms with van der Waals surface area (Å²) in [6, 6.07) is 10.9. The number of aryl methyl sites for hydroxylation is 2. The van der Waals surface area contributed by atoms with E-state index in [9.17, 15) is 8.78 Å². The number of fused-ring (bicyclic) bond motifs is 1. The molecule has 0 amide bonds. The molecule has 4 heteroatoms. The third-order valence-electron chi connectivity index (χ3n) is 2.96. The van der Waals surface area contributed by atoms with Crippen LogP contribution in [-0.4, -0.2) is 6.29 Å². The number of rotatable bonds is 1. The van der Waals surface area contributed by atoms with Crippen molar-refractivity contribution in [3.8, 4) is 22.6 Å². The first-order valence-corrected chi connectivity index (χ1v) is 5.91. The van der Waals surface area contributed by atoms with Crippen LogP contribution in [0.5, 0.6) is 11.5 Å². The van der Waals surface area contributed by atoms with E-state index in [1.54, 1.807) is 12.1 Å². The largest absolute Gasteiger partial charge is 0.586 e. The second-order valence-corrected chi connectivity index (χ2v) is 4.71. The highest BCUT2D eigenvalue weighted by Crippen LogP contribution is 2.43. The normalized spacial score (nSPS) is 15.6. The Hall–Kier alpha value is -2.10. The Bertz CT molecular complexity index is 630. The summed E-state index contributed by atoms with van der Waals surface area (Å²) in [6.07, 6.45) is -3.57. The van der Waals surface area contributed by atoms with Crippen molar-refractivity contribution in [3.05, 3.63) is 47.5 Å². The minimum absolute atomic E-state index is 0.0677. The number of hydrogen-bond donors (Lipinski definition) is 0. The van der Waals surface area contributed by atoms with Crippen LogP contribution in [0.4, 0.5) is 8.78 Å². The van der Waals surface area contributed by atoms with Crippen LogP contribution in [-0.2, 0) is 0 Å². The van der Waals surface area contributed by atoms with Crippen molar-refractivity contribution in [1.82, 2.24) is 0 Å². The van der Waals surface area contributed by atoms with Crippen LogP contribution in [0.2, 0.25) is 0 Å². The first-order chi connectivity index (χ1) is 8.93. The van der Waals surface area contributed by atoms with Gasteiger partial charge < -0.3 is 9.47 Å². The molecule has 0 saturated heterocycles. The van der Waals surface area contributed by atoms with Gasteiger partial charge >= 0.3 is 6.29 Å². The lowest BCUT2D eigenvalue weighted by Gasteiger charge is -2.06. The lowest BCUT2D eigenvalue weighted by molar-refractivity contribution is -0.286. The average molecular weight is 262 g/mol. The molecule has 2 aromatic rings. The highest BCUT2D eigenvalue weighted by atomic mass is 19.3. The first-order valence-electron chi connectivity index (χ1n) is 5.91. The topological polar surface area (TPSA) is 18.5 Å². The Morgan fingerprint density at radius 1 is 0.789 bits per heavy atom. The summed E-state index contributed by atoms with van der Waals surface area (Å²) < 4.78 is 34.7. The molecule has 0 N–H and O–H groups in total. The molecule has 0 radical (unpaired) electrons. The van der Waals surface area contributed by atoms with Gasteiger partial charge in [-0.3, -0.25) is 0 Å². The van der Waals surface area contributed by atoms with Crippen LogP contribution in [0.25, 0.3) is 11.1 Å². The van der Waals surface area contributed by atoms with Gasteiger partial charge in [0.25, 0.3) is 0 Å². The smallest absolute Gasteiger partial charge is 0.395 e. The standard InChI is InChI=1S/C15H12F2O2/c1-9-5-10(2)7-12(6-9)11-3-4-13-14(8-11)19-15(16,17)18-13/h3-8H,1-2H3. The van der Waals surface area contributed by atoms with Crippen LogP contribution in [0.1, 0.15) is 11.1 Å². The maximum Gasteiger partial charge on any atom is 0.586 e. The summed E-state index contributed by atoms with van der Waals surface area (Å²) in [6.45, 7) is 4.00. The summed E-state index contributed by atoms with van der Waals surface area (Å²) in [5.41, 5.74) is 4.04. The summed E-state index contributed by atoms with van der Waals surface area (Å²) in [4.78, 5) is 0. The van der Waals surface area contributed by atoms with Gasteiger partial charge in [0.05, 0.1) is 0 Å². The Kier molecular flexibility index (Phi) is 2.49. The molecular weight excluding hydrogens is 250 g/mol. The van der Waals surface area contributed by atoms with Gasteiger partial charge in [-0.15, -0.1) is 8.78 Å². The van der Waals surface area contributed by atoms with E-state index in [1.165, 1.54) is 6.07 Å². The Balaban J connectivity index is 2.04. The molecule has 3 rings (SSSR count). The second kappa shape index (κ2) is 3.95. The maximum absolute atomic E-state index is 13.0. The van der Waals surface area contributed by atoms with Gasteiger partial charge in [-0.05, 0) is 37.1 Å². The molecule has 0 spiro atoms. The molecule has 0 fully saturated rings. The zero-order valence-electron chi connectivity index (χ0n) is 10.5. The van der Waals surface area contributed by atoms with E-state index >= 15 is 0 Å². The molecule has 1 aliphatic heterocycles. The maximum atomic E-state index is 13.0. The number of ether oxygens (including phenoxy) is 2. The number of alkyl halides is 2.